The van der Waals surface area contributed by atoms with Gasteiger partial charge in [0.1, 0.15) is 11.5 Å². The second kappa shape index (κ2) is 7.31. The molecule has 2 unspecified atom stereocenters. The Hall–Kier alpha value is -1.75. The first-order valence-electron chi connectivity index (χ1n) is 7.41. The number of hydrogen-bond donors (Lipinski definition) is 2. The summed E-state index contributed by atoms with van der Waals surface area (Å²) in [6, 6.07) is 5.47. The molecule has 21 heavy (non-hydrogen) atoms. The predicted octanol–water partition coefficient (Wildman–Crippen LogP) is 2.55. The number of ether oxygens (including phenoxy) is 2. The molecule has 1 aromatic carbocycles. The van der Waals surface area contributed by atoms with Crippen molar-refractivity contribution < 1.29 is 14.3 Å². The molecule has 0 aromatic heterocycles. The third-order valence-corrected chi connectivity index (χ3v) is 4.05. The number of anilines is 1. The smallest absolute Gasteiger partial charge is 0.224 e. The summed E-state index contributed by atoms with van der Waals surface area (Å²) < 4.78 is 10.4. The fourth-order valence-electron chi connectivity index (χ4n) is 2.82. The average Bonchev–Trinajstić information content (AvgIpc) is 2.49. The summed E-state index contributed by atoms with van der Waals surface area (Å²) in [5, 5.41) is 2.90. The minimum absolute atomic E-state index is 0.00680. The molecule has 1 aliphatic carbocycles. The van der Waals surface area contributed by atoms with Crippen molar-refractivity contribution in [1.29, 1.82) is 0 Å². The highest BCUT2D eigenvalue weighted by Crippen LogP contribution is 2.28. The van der Waals surface area contributed by atoms with Gasteiger partial charge in [0.15, 0.2) is 0 Å². The normalized spacial score (nSPS) is 21.7. The van der Waals surface area contributed by atoms with E-state index in [0.29, 0.717) is 23.6 Å². The minimum atomic E-state index is -0.00680. The topological polar surface area (TPSA) is 73.6 Å². The molecule has 3 N–H and O–H groups in total. The highest BCUT2D eigenvalue weighted by atomic mass is 16.5. The number of nitrogens with one attached hydrogen (secondary N) is 1. The summed E-state index contributed by atoms with van der Waals surface area (Å²) in [5.41, 5.74) is 6.77. The van der Waals surface area contributed by atoms with Crippen molar-refractivity contribution in [3.05, 3.63) is 18.2 Å². The van der Waals surface area contributed by atoms with Gasteiger partial charge in [-0.2, -0.15) is 0 Å². The fraction of sp³-hybridized carbons (Fsp3) is 0.562. The number of nitrogens with two attached hydrogens (primary N) is 1. The number of methoxy groups -OCH3 is 2. The zero-order valence-electron chi connectivity index (χ0n) is 12.7. The zero-order chi connectivity index (χ0) is 15.2. The quantitative estimate of drug-likeness (QED) is 0.874. The lowest BCUT2D eigenvalue weighted by atomic mass is 9.83. The maximum atomic E-state index is 12.2. The molecule has 5 heteroatoms. The van der Waals surface area contributed by atoms with Crippen molar-refractivity contribution >= 4 is 11.6 Å². The molecule has 116 valence electrons. The lowest BCUT2D eigenvalue weighted by molar-refractivity contribution is -0.117. The van der Waals surface area contributed by atoms with Gasteiger partial charge >= 0.3 is 0 Å². The first kappa shape index (κ1) is 15.6. The van der Waals surface area contributed by atoms with Crippen LogP contribution in [-0.4, -0.2) is 26.2 Å². The van der Waals surface area contributed by atoms with Crippen molar-refractivity contribution in [1.82, 2.24) is 0 Å². The maximum Gasteiger partial charge on any atom is 0.224 e. The molecule has 1 saturated carbocycles. The highest BCUT2D eigenvalue weighted by molar-refractivity contribution is 5.91. The van der Waals surface area contributed by atoms with Crippen LogP contribution in [0.15, 0.2) is 18.2 Å². The fourth-order valence-corrected chi connectivity index (χ4v) is 2.82. The molecule has 1 amide bonds. The molecule has 0 radical (unpaired) electrons. The SMILES string of the molecule is COc1cc(NC(=O)CC2CCCCC2N)cc(OC)c1. The van der Waals surface area contributed by atoms with Crippen LogP contribution in [0.5, 0.6) is 11.5 Å². The van der Waals surface area contributed by atoms with Gasteiger partial charge in [-0.15, -0.1) is 0 Å². The minimum Gasteiger partial charge on any atom is -0.497 e. The summed E-state index contributed by atoms with van der Waals surface area (Å²) in [7, 11) is 3.17. The lowest BCUT2D eigenvalue weighted by Gasteiger charge is -2.28. The van der Waals surface area contributed by atoms with Crippen LogP contribution in [0, 0.1) is 5.92 Å². The van der Waals surface area contributed by atoms with Crippen LogP contribution in [0.3, 0.4) is 0 Å². The Kier molecular flexibility index (Phi) is 5.44. The lowest BCUT2D eigenvalue weighted by Crippen LogP contribution is -2.35. The van der Waals surface area contributed by atoms with E-state index in [1.165, 1.54) is 12.8 Å². The first-order valence-corrected chi connectivity index (χ1v) is 7.41. The van der Waals surface area contributed by atoms with E-state index >= 15 is 0 Å². The number of amides is 1. The Bertz CT molecular complexity index is 468. The molecule has 0 heterocycles. The number of hydrogen-bond acceptors (Lipinski definition) is 4. The summed E-state index contributed by atoms with van der Waals surface area (Å²) in [5.74, 6) is 1.58. The van der Waals surface area contributed by atoms with Gasteiger partial charge in [-0.25, -0.2) is 0 Å². The summed E-state index contributed by atoms with van der Waals surface area (Å²) >= 11 is 0. The third-order valence-electron chi connectivity index (χ3n) is 4.05. The monoisotopic (exact) mass is 292 g/mol. The van der Waals surface area contributed by atoms with Crippen LogP contribution < -0.4 is 20.5 Å². The Morgan fingerprint density at radius 2 is 1.81 bits per heavy atom. The van der Waals surface area contributed by atoms with Crippen LogP contribution >= 0.6 is 0 Å². The molecule has 0 saturated heterocycles. The molecule has 2 rings (SSSR count). The first-order chi connectivity index (χ1) is 10.1. The van der Waals surface area contributed by atoms with E-state index < -0.39 is 0 Å². The van der Waals surface area contributed by atoms with Gasteiger partial charge in [-0.05, 0) is 18.8 Å². The van der Waals surface area contributed by atoms with Crippen LogP contribution in [0.1, 0.15) is 32.1 Å². The van der Waals surface area contributed by atoms with Crippen LogP contribution in [0.2, 0.25) is 0 Å². The van der Waals surface area contributed by atoms with E-state index in [2.05, 4.69) is 5.32 Å². The molecule has 0 bridgehead atoms. The largest absolute Gasteiger partial charge is 0.497 e. The molecule has 1 aromatic rings. The molecular weight excluding hydrogens is 268 g/mol. The second-order valence-electron chi connectivity index (χ2n) is 5.56. The van der Waals surface area contributed by atoms with Gasteiger partial charge in [0, 0.05) is 36.3 Å². The molecule has 1 fully saturated rings. The van der Waals surface area contributed by atoms with Crippen molar-refractivity contribution in [2.45, 2.75) is 38.1 Å². The van der Waals surface area contributed by atoms with E-state index in [0.717, 1.165) is 12.8 Å². The molecule has 5 nitrogen and oxygen atoms in total. The van der Waals surface area contributed by atoms with Crippen molar-refractivity contribution in [3.63, 3.8) is 0 Å². The van der Waals surface area contributed by atoms with Gasteiger partial charge in [-0.3, -0.25) is 4.79 Å². The van der Waals surface area contributed by atoms with Crippen LogP contribution in [0.4, 0.5) is 5.69 Å². The maximum absolute atomic E-state index is 12.2. The number of carbonyl (C=O) groups is 1. The van der Waals surface area contributed by atoms with Gasteiger partial charge in [0.2, 0.25) is 5.91 Å². The zero-order valence-corrected chi connectivity index (χ0v) is 12.7. The predicted molar refractivity (Wildman–Crippen MR) is 82.7 cm³/mol. The highest BCUT2D eigenvalue weighted by Gasteiger charge is 2.24. The summed E-state index contributed by atoms with van der Waals surface area (Å²) in [6.45, 7) is 0. The molecule has 0 aliphatic heterocycles. The number of benzene rings is 1. The van der Waals surface area contributed by atoms with Gasteiger partial charge < -0.3 is 20.5 Å². The van der Waals surface area contributed by atoms with E-state index in [1.807, 2.05) is 0 Å². The second-order valence-corrected chi connectivity index (χ2v) is 5.56. The van der Waals surface area contributed by atoms with Gasteiger partial charge in [0.05, 0.1) is 14.2 Å². The van der Waals surface area contributed by atoms with E-state index in [1.54, 1.807) is 32.4 Å². The van der Waals surface area contributed by atoms with Crippen LogP contribution in [-0.2, 0) is 4.79 Å². The number of rotatable bonds is 5. The van der Waals surface area contributed by atoms with E-state index in [4.69, 9.17) is 15.2 Å². The van der Waals surface area contributed by atoms with Gasteiger partial charge in [-0.1, -0.05) is 12.8 Å². The standard InChI is InChI=1S/C16H24N2O3/c1-20-13-8-12(9-14(10-13)21-2)18-16(19)7-11-5-3-4-6-15(11)17/h8-11,15H,3-7,17H2,1-2H3,(H,18,19). The molecule has 2 atom stereocenters. The average molecular weight is 292 g/mol. The summed E-state index contributed by atoms with van der Waals surface area (Å²) in [4.78, 5) is 12.2. The van der Waals surface area contributed by atoms with Crippen molar-refractivity contribution in [2.24, 2.45) is 11.7 Å². The molecule has 1 aliphatic rings. The number of carbonyl (C=O) groups excluding carboxylic acids is 1. The summed E-state index contributed by atoms with van der Waals surface area (Å²) in [6.07, 6.45) is 4.87. The Morgan fingerprint density at radius 1 is 1.19 bits per heavy atom. The molecular formula is C16H24N2O3. The van der Waals surface area contributed by atoms with Gasteiger partial charge in [0.25, 0.3) is 0 Å². The molecule has 0 spiro atoms. The van der Waals surface area contributed by atoms with Crippen molar-refractivity contribution in [2.75, 3.05) is 19.5 Å². The van der Waals surface area contributed by atoms with Crippen LogP contribution in [0.25, 0.3) is 0 Å². The Balaban J connectivity index is 1.98. The van der Waals surface area contributed by atoms with E-state index in [9.17, 15) is 4.79 Å². The Labute approximate surface area is 125 Å². The van der Waals surface area contributed by atoms with Crippen molar-refractivity contribution in [3.8, 4) is 11.5 Å². The Morgan fingerprint density at radius 3 is 2.38 bits per heavy atom. The van der Waals surface area contributed by atoms with E-state index in [-0.39, 0.29) is 17.9 Å². The third kappa shape index (κ3) is 4.36.